The van der Waals surface area contributed by atoms with Crippen LogP contribution < -0.4 is 0 Å². The van der Waals surface area contributed by atoms with Gasteiger partial charge < -0.3 is 0 Å². The number of hydrogen-bond donors (Lipinski definition) is 0. The maximum absolute atomic E-state index is 7.80. The molecule has 0 aromatic heterocycles. The largest absolute Gasteiger partial charge is 0.166 e. The van der Waals surface area contributed by atoms with E-state index in [1.54, 1.807) is 0 Å². The summed E-state index contributed by atoms with van der Waals surface area (Å²) >= 11 is 23.4. The van der Waals surface area contributed by atoms with E-state index in [1.807, 2.05) is 0 Å². The highest BCUT2D eigenvalue weighted by molar-refractivity contribution is 7.24. The SMILES string of the molecule is C[Si](C)(Cl)C12c3ccccc3C3([Si](C)(C)Cl)c4ccccc4C([Si](C)(C)Cl)(c4ccccc41)C23. The summed E-state index contributed by atoms with van der Waals surface area (Å²) in [6.45, 7) is 14.1. The summed E-state index contributed by atoms with van der Waals surface area (Å²) in [5.74, 6) is 0.206. The number of rotatable bonds is 3. The zero-order valence-corrected chi connectivity index (χ0v) is 25.9. The van der Waals surface area contributed by atoms with Crippen LogP contribution in [0.5, 0.6) is 0 Å². The van der Waals surface area contributed by atoms with Crippen molar-refractivity contribution in [2.45, 2.75) is 54.4 Å². The molecule has 6 heteroatoms. The van der Waals surface area contributed by atoms with Gasteiger partial charge >= 0.3 is 0 Å². The number of benzene rings is 3. The lowest BCUT2D eigenvalue weighted by molar-refractivity contribution is 0.363. The predicted molar refractivity (Wildman–Crippen MR) is 155 cm³/mol. The Kier molecular flexibility index (Phi) is 4.67. The Morgan fingerprint density at radius 2 is 0.618 bits per heavy atom. The molecule has 6 rings (SSSR count). The normalized spacial score (nSPS) is 31.1. The molecule has 34 heavy (non-hydrogen) atoms. The topological polar surface area (TPSA) is 0 Å². The van der Waals surface area contributed by atoms with Crippen LogP contribution in [-0.2, 0) is 15.1 Å². The Morgan fingerprint density at radius 3 is 0.765 bits per heavy atom. The summed E-state index contributed by atoms with van der Waals surface area (Å²) in [5, 5.41) is -0.794. The molecule has 0 saturated heterocycles. The molecule has 0 fully saturated rings. The van der Waals surface area contributed by atoms with Gasteiger partial charge in [-0.05, 0) is 39.3 Å². The van der Waals surface area contributed by atoms with Crippen LogP contribution in [0.15, 0.2) is 72.8 Å². The maximum Gasteiger partial charge on any atom is 0.165 e. The summed E-state index contributed by atoms with van der Waals surface area (Å²) in [6.07, 6.45) is 0. The second-order valence-electron chi connectivity index (χ2n) is 11.9. The molecule has 0 aliphatic heterocycles. The Morgan fingerprint density at radius 1 is 0.441 bits per heavy atom. The van der Waals surface area contributed by atoms with E-state index in [1.165, 1.54) is 33.4 Å². The lowest BCUT2D eigenvalue weighted by Gasteiger charge is -2.52. The minimum atomic E-state index is -2.41. The smallest absolute Gasteiger partial charge is 0.165 e. The summed E-state index contributed by atoms with van der Waals surface area (Å²) in [6, 6.07) is 27.4. The van der Waals surface area contributed by atoms with E-state index in [0.717, 1.165) is 0 Å². The summed E-state index contributed by atoms with van der Waals surface area (Å²) in [7, 11) is -7.24. The predicted octanol–water partition coefficient (Wildman–Crippen LogP) is 8.45. The first-order valence-electron chi connectivity index (χ1n) is 12.2. The Hall–Kier alpha value is -0.819. The van der Waals surface area contributed by atoms with Gasteiger partial charge in [0, 0.05) is 15.1 Å². The van der Waals surface area contributed by atoms with Gasteiger partial charge in [-0.15, -0.1) is 0 Å². The van der Waals surface area contributed by atoms with E-state index in [2.05, 4.69) is 112 Å². The average molecular weight is 558 g/mol. The van der Waals surface area contributed by atoms with Gasteiger partial charge in [0.1, 0.15) is 0 Å². The Labute approximate surface area is 220 Å². The van der Waals surface area contributed by atoms with Crippen molar-refractivity contribution >= 4 is 55.4 Å². The molecule has 0 bridgehead atoms. The lowest BCUT2D eigenvalue weighted by Crippen LogP contribution is -2.63. The molecule has 3 aliphatic carbocycles. The molecule has 3 aromatic carbocycles. The zero-order valence-electron chi connectivity index (χ0n) is 20.6. The fourth-order valence-corrected chi connectivity index (χ4v) is 20.6. The fraction of sp³-hybridized carbons (Fsp3) is 0.357. The number of fused-ring (bicyclic) bond motifs is 9. The van der Waals surface area contributed by atoms with Crippen molar-refractivity contribution in [1.82, 2.24) is 0 Å². The third kappa shape index (κ3) is 2.22. The van der Waals surface area contributed by atoms with Crippen molar-refractivity contribution in [1.29, 1.82) is 0 Å². The molecule has 3 aliphatic rings. The van der Waals surface area contributed by atoms with Crippen molar-refractivity contribution in [3.63, 3.8) is 0 Å². The number of halogens is 3. The van der Waals surface area contributed by atoms with Gasteiger partial charge in [-0.25, -0.2) is 0 Å². The highest BCUT2D eigenvalue weighted by Gasteiger charge is 2.84. The summed E-state index contributed by atoms with van der Waals surface area (Å²) in [4.78, 5) is 0. The Balaban J connectivity index is 1.99. The molecular formula is C28H31Cl3Si3. The van der Waals surface area contributed by atoms with Crippen molar-refractivity contribution in [2.24, 2.45) is 5.92 Å². The summed E-state index contributed by atoms with van der Waals surface area (Å²) in [5.41, 5.74) is 8.45. The van der Waals surface area contributed by atoms with E-state index in [4.69, 9.17) is 33.2 Å². The van der Waals surface area contributed by atoms with Crippen LogP contribution in [0.25, 0.3) is 0 Å². The highest BCUT2D eigenvalue weighted by atomic mass is 35.6. The van der Waals surface area contributed by atoms with E-state index >= 15 is 0 Å². The molecule has 0 unspecified atom stereocenters. The van der Waals surface area contributed by atoms with Crippen LogP contribution in [0, 0.1) is 5.92 Å². The second-order valence-corrected chi connectivity index (χ2v) is 31.6. The third-order valence-electron chi connectivity index (χ3n) is 9.44. The van der Waals surface area contributed by atoms with Gasteiger partial charge in [0.25, 0.3) is 0 Å². The Bertz CT molecular complexity index is 1110. The van der Waals surface area contributed by atoms with E-state index in [-0.39, 0.29) is 21.0 Å². The fourth-order valence-electron chi connectivity index (χ4n) is 8.81. The monoisotopic (exact) mass is 556 g/mol. The van der Waals surface area contributed by atoms with Crippen molar-refractivity contribution in [2.75, 3.05) is 0 Å². The van der Waals surface area contributed by atoms with Crippen LogP contribution in [0.2, 0.25) is 39.3 Å². The van der Waals surface area contributed by atoms with Crippen molar-refractivity contribution in [3.8, 4) is 0 Å². The molecule has 3 aromatic rings. The van der Waals surface area contributed by atoms with Gasteiger partial charge in [0.05, 0.1) is 0 Å². The molecule has 0 radical (unpaired) electrons. The average Bonchev–Trinajstić information content (AvgIpc) is 3.30. The van der Waals surface area contributed by atoms with Crippen LogP contribution in [0.1, 0.15) is 33.4 Å². The first-order valence-corrected chi connectivity index (χ1v) is 24.2. The number of hydrogen-bond acceptors (Lipinski definition) is 0. The molecular weight excluding hydrogens is 527 g/mol. The van der Waals surface area contributed by atoms with E-state index in [0.29, 0.717) is 0 Å². The standard InChI is InChI=1S/C28H31Cl3Si3/c1-32(2,29)26-19-13-7-9-15-21(19)27(33(3,4)30)23-17-11-12-18-24(23)28(25(26)27,34(5,6)31)22-16-10-8-14-20(22)26/h7-18,25H,1-6H3. The first-order chi connectivity index (χ1) is 15.8. The van der Waals surface area contributed by atoms with Crippen LogP contribution >= 0.6 is 33.2 Å². The van der Waals surface area contributed by atoms with Gasteiger partial charge in [0.2, 0.25) is 0 Å². The third-order valence-corrected chi connectivity index (χ3v) is 20.2. The molecule has 0 heterocycles. The highest BCUT2D eigenvalue weighted by Crippen LogP contribution is 2.81. The minimum Gasteiger partial charge on any atom is -0.166 e. The minimum absolute atomic E-state index is 0.206. The van der Waals surface area contributed by atoms with Gasteiger partial charge in [-0.3, -0.25) is 0 Å². The van der Waals surface area contributed by atoms with Crippen LogP contribution in [0.3, 0.4) is 0 Å². The molecule has 0 spiro atoms. The molecule has 0 amide bonds. The quantitative estimate of drug-likeness (QED) is 0.224. The second kappa shape index (κ2) is 6.73. The molecule has 176 valence electrons. The molecule has 0 N–H and O–H groups in total. The zero-order chi connectivity index (χ0) is 24.5. The maximum atomic E-state index is 7.80. The van der Waals surface area contributed by atoms with Gasteiger partial charge in [0.15, 0.2) is 22.2 Å². The van der Waals surface area contributed by atoms with Gasteiger partial charge in [-0.2, -0.15) is 33.2 Å². The van der Waals surface area contributed by atoms with E-state index < -0.39 is 22.2 Å². The molecule has 0 atom stereocenters. The molecule has 0 nitrogen and oxygen atoms in total. The van der Waals surface area contributed by atoms with Gasteiger partial charge in [-0.1, -0.05) is 112 Å². The lowest BCUT2D eigenvalue weighted by atomic mass is 9.83. The molecule has 0 saturated carbocycles. The van der Waals surface area contributed by atoms with Crippen molar-refractivity contribution in [3.05, 3.63) is 106 Å². The van der Waals surface area contributed by atoms with Crippen molar-refractivity contribution < 1.29 is 0 Å². The van der Waals surface area contributed by atoms with Crippen LogP contribution in [-0.4, -0.2) is 22.2 Å². The van der Waals surface area contributed by atoms with E-state index in [9.17, 15) is 0 Å². The first kappa shape index (κ1) is 23.6. The summed E-state index contributed by atoms with van der Waals surface area (Å²) < 4.78 is 0. The van der Waals surface area contributed by atoms with Crippen LogP contribution in [0.4, 0.5) is 0 Å².